The Labute approximate surface area is 151 Å². The Morgan fingerprint density at radius 2 is 1.80 bits per heavy atom. The number of hydrogen-bond acceptors (Lipinski definition) is 4. The van der Waals surface area contributed by atoms with Gasteiger partial charge in [0.1, 0.15) is 5.75 Å². The van der Waals surface area contributed by atoms with E-state index in [9.17, 15) is 9.59 Å². The predicted molar refractivity (Wildman–Crippen MR) is 100 cm³/mol. The minimum Gasteiger partial charge on any atom is -0.493 e. The smallest absolute Gasteiger partial charge is 0.293 e. The van der Waals surface area contributed by atoms with Gasteiger partial charge < -0.3 is 4.74 Å². The second-order valence-corrected chi connectivity index (χ2v) is 6.66. The molecule has 0 bridgehead atoms. The second kappa shape index (κ2) is 7.57. The fourth-order valence-electron chi connectivity index (χ4n) is 2.62. The van der Waals surface area contributed by atoms with Crippen LogP contribution in [0.25, 0.3) is 6.08 Å². The highest BCUT2D eigenvalue weighted by molar-refractivity contribution is 8.18. The van der Waals surface area contributed by atoms with Crippen LogP contribution in [0.2, 0.25) is 0 Å². The highest BCUT2D eigenvalue weighted by Crippen LogP contribution is 2.35. The second-order valence-electron chi connectivity index (χ2n) is 5.67. The molecule has 0 radical (unpaired) electrons. The maximum atomic E-state index is 12.7. The lowest BCUT2D eigenvalue weighted by atomic mass is 10.1. The zero-order valence-corrected chi connectivity index (χ0v) is 15.0. The molecular weight excluding hydrogens is 334 g/mol. The average molecular weight is 353 g/mol. The molecule has 2 aromatic carbocycles. The van der Waals surface area contributed by atoms with Crippen LogP contribution in [-0.4, -0.2) is 22.7 Å². The molecule has 2 aromatic rings. The number of rotatable bonds is 5. The van der Waals surface area contributed by atoms with Gasteiger partial charge in [-0.25, -0.2) is 0 Å². The number of hydrogen-bond donors (Lipinski definition) is 0. The SMILES string of the molecule is CCOc1ccccc1/C=C1\SC(=O)N(Cc2ccccc2C)C1=O. The maximum absolute atomic E-state index is 12.7. The summed E-state index contributed by atoms with van der Waals surface area (Å²) in [5.41, 5.74) is 2.83. The summed E-state index contributed by atoms with van der Waals surface area (Å²) in [5.74, 6) is 0.445. The van der Waals surface area contributed by atoms with E-state index < -0.39 is 0 Å². The van der Waals surface area contributed by atoms with E-state index in [-0.39, 0.29) is 11.1 Å². The molecule has 1 fully saturated rings. The van der Waals surface area contributed by atoms with Crippen molar-refractivity contribution in [3.63, 3.8) is 0 Å². The van der Waals surface area contributed by atoms with Gasteiger partial charge >= 0.3 is 0 Å². The predicted octanol–water partition coefficient (Wildman–Crippen LogP) is 4.63. The first-order valence-electron chi connectivity index (χ1n) is 8.12. The van der Waals surface area contributed by atoms with E-state index >= 15 is 0 Å². The molecule has 0 aromatic heterocycles. The Morgan fingerprint density at radius 3 is 2.56 bits per heavy atom. The summed E-state index contributed by atoms with van der Waals surface area (Å²) in [6, 6.07) is 15.3. The molecule has 0 spiro atoms. The van der Waals surface area contributed by atoms with Crippen molar-refractivity contribution in [1.29, 1.82) is 0 Å². The van der Waals surface area contributed by atoms with Crippen molar-refractivity contribution < 1.29 is 14.3 Å². The van der Waals surface area contributed by atoms with Crippen molar-refractivity contribution in [3.8, 4) is 5.75 Å². The van der Waals surface area contributed by atoms with Crippen LogP contribution in [0.4, 0.5) is 4.79 Å². The van der Waals surface area contributed by atoms with Crippen LogP contribution in [0.5, 0.6) is 5.75 Å². The quantitative estimate of drug-likeness (QED) is 0.735. The lowest BCUT2D eigenvalue weighted by Gasteiger charge is -2.14. The lowest BCUT2D eigenvalue weighted by Crippen LogP contribution is -2.27. The Hall–Kier alpha value is -2.53. The molecule has 1 saturated heterocycles. The zero-order chi connectivity index (χ0) is 17.8. The molecule has 1 aliphatic rings. The van der Waals surface area contributed by atoms with Crippen LogP contribution in [0, 0.1) is 6.92 Å². The summed E-state index contributed by atoms with van der Waals surface area (Å²) in [6.45, 7) is 4.72. The van der Waals surface area contributed by atoms with E-state index in [1.54, 1.807) is 6.08 Å². The van der Waals surface area contributed by atoms with Crippen LogP contribution < -0.4 is 4.74 Å². The van der Waals surface area contributed by atoms with E-state index in [4.69, 9.17) is 4.74 Å². The molecule has 0 N–H and O–H groups in total. The Kier molecular flexibility index (Phi) is 5.24. The van der Waals surface area contributed by atoms with Crippen LogP contribution in [0.15, 0.2) is 53.4 Å². The normalized spacial score (nSPS) is 15.9. The summed E-state index contributed by atoms with van der Waals surface area (Å²) in [6.07, 6.45) is 1.73. The first-order chi connectivity index (χ1) is 12.1. The molecule has 0 atom stereocenters. The van der Waals surface area contributed by atoms with Gasteiger partial charge in [-0.3, -0.25) is 14.5 Å². The molecule has 1 aliphatic heterocycles. The van der Waals surface area contributed by atoms with Gasteiger partial charge in [0.05, 0.1) is 18.1 Å². The first-order valence-corrected chi connectivity index (χ1v) is 8.93. The first kappa shape index (κ1) is 17.3. The third-order valence-electron chi connectivity index (χ3n) is 3.97. The number of carbonyl (C=O) groups is 2. The molecule has 0 aliphatic carbocycles. The van der Waals surface area contributed by atoms with Gasteiger partial charge in [-0.2, -0.15) is 0 Å². The van der Waals surface area contributed by atoms with Crippen LogP contribution >= 0.6 is 11.8 Å². The lowest BCUT2D eigenvalue weighted by molar-refractivity contribution is -0.123. The number of para-hydroxylation sites is 1. The standard InChI is InChI=1S/C20H19NO3S/c1-3-24-17-11-7-6-9-15(17)12-18-19(22)21(20(23)25-18)13-16-10-5-4-8-14(16)2/h4-12H,3,13H2,1-2H3/b18-12-. The van der Waals surface area contributed by atoms with E-state index in [2.05, 4.69) is 0 Å². The molecule has 25 heavy (non-hydrogen) atoms. The topological polar surface area (TPSA) is 46.6 Å². The molecule has 2 amide bonds. The van der Waals surface area contributed by atoms with Crippen molar-refractivity contribution in [2.45, 2.75) is 20.4 Å². The zero-order valence-electron chi connectivity index (χ0n) is 14.2. The van der Waals surface area contributed by atoms with Crippen molar-refractivity contribution >= 4 is 29.0 Å². The summed E-state index contributed by atoms with van der Waals surface area (Å²) < 4.78 is 5.58. The minimum absolute atomic E-state index is 0.242. The summed E-state index contributed by atoms with van der Waals surface area (Å²) in [4.78, 5) is 26.7. The van der Waals surface area contributed by atoms with Crippen molar-refractivity contribution in [2.24, 2.45) is 0 Å². The molecule has 3 rings (SSSR count). The summed E-state index contributed by atoms with van der Waals surface area (Å²) in [5, 5.41) is -0.242. The molecule has 128 valence electrons. The molecule has 0 saturated carbocycles. The molecule has 5 heteroatoms. The Morgan fingerprint density at radius 1 is 1.08 bits per heavy atom. The van der Waals surface area contributed by atoms with Gasteiger partial charge in [0.15, 0.2) is 0 Å². The number of aryl methyl sites for hydroxylation is 1. The molecule has 1 heterocycles. The Bertz CT molecular complexity index is 844. The van der Waals surface area contributed by atoms with Gasteiger partial charge in [0.25, 0.3) is 11.1 Å². The van der Waals surface area contributed by atoms with Gasteiger partial charge in [0.2, 0.25) is 0 Å². The largest absolute Gasteiger partial charge is 0.493 e. The molecule has 0 unspecified atom stereocenters. The minimum atomic E-state index is -0.260. The number of carbonyl (C=O) groups excluding carboxylic acids is 2. The summed E-state index contributed by atoms with van der Waals surface area (Å²) >= 11 is 0.972. The van der Waals surface area contributed by atoms with E-state index in [1.807, 2.05) is 62.4 Å². The molecule has 4 nitrogen and oxygen atoms in total. The fourth-order valence-corrected chi connectivity index (χ4v) is 3.45. The highest BCUT2D eigenvalue weighted by Gasteiger charge is 2.35. The Balaban J connectivity index is 1.85. The van der Waals surface area contributed by atoms with E-state index in [0.29, 0.717) is 23.8 Å². The highest BCUT2D eigenvalue weighted by atomic mass is 32.2. The number of thioether (sulfide) groups is 1. The van der Waals surface area contributed by atoms with E-state index in [1.165, 1.54) is 4.90 Å². The van der Waals surface area contributed by atoms with Crippen LogP contribution in [0.3, 0.4) is 0 Å². The fraction of sp³-hybridized carbons (Fsp3) is 0.200. The molecular formula is C20H19NO3S. The maximum Gasteiger partial charge on any atom is 0.293 e. The number of nitrogens with zero attached hydrogens (tertiary/aromatic N) is 1. The van der Waals surface area contributed by atoms with Crippen LogP contribution in [0.1, 0.15) is 23.6 Å². The van der Waals surface area contributed by atoms with Gasteiger partial charge in [0, 0.05) is 5.56 Å². The third-order valence-corrected chi connectivity index (χ3v) is 4.88. The van der Waals surface area contributed by atoms with Crippen molar-refractivity contribution in [3.05, 3.63) is 70.1 Å². The average Bonchev–Trinajstić information content (AvgIpc) is 2.86. The van der Waals surface area contributed by atoms with Gasteiger partial charge in [-0.15, -0.1) is 0 Å². The number of imide groups is 1. The van der Waals surface area contributed by atoms with Gasteiger partial charge in [-0.1, -0.05) is 42.5 Å². The number of ether oxygens (including phenoxy) is 1. The number of amides is 2. The van der Waals surface area contributed by atoms with E-state index in [0.717, 1.165) is 28.5 Å². The van der Waals surface area contributed by atoms with Crippen LogP contribution in [-0.2, 0) is 11.3 Å². The van der Waals surface area contributed by atoms with Crippen molar-refractivity contribution in [2.75, 3.05) is 6.61 Å². The monoisotopic (exact) mass is 353 g/mol. The third kappa shape index (κ3) is 3.77. The number of benzene rings is 2. The van der Waals surface area contributed by atoms with Crippen molar-refractivity contribution in [1.82, 2.24) is 4.90 Å². The summed E-state index contributed by atoms with van der Waals surface area (Å²) in [7, 11) is 0. The van der Waals surface area contributed by atoms with Gasteiger partial charge in [-0.05, 0) is 48.9 Å².